The molecule has 1 N–H and O–H groups in total. The van der Waals surface area contributed by atoms with Crippen LogP contribution in [0.2, 0.25) is 5.02 Å². The number of hydrogen-bond donors (Lipinski definition) is 1. The van der Waals surface area contributed by atoms with Gasteiger partial charge in [0.2, 0.25) is 0 Å². The first-order valence-electron chi connectivity index (χ1n) is 6.90. The monoisotopic (exact) mass is 371 g/mol. The second kappa shape index (κ2) is 7.87. The molecule has 0 radical (unpaired) electrons. The van der Waals surface area contributed by atoms with Gasteiger partial charge in [-0.25, -0.2) is 0 Å². The summed E-state index contributed by atoms with van der Waals surface area (Å²) >= 11 is 9.32. The predicted octanol–water partition coefficient (Wildman–Crippen LogP) is 5.02. The van der Waals surface area contributed by atoms with E-state index in [9.17, 15) is 0 Å². The van der Waals surface area contributed by atoms with Gasteiger partial charge >= 0.3 is 0 Å². The number of furan rings is 1. The molecule has 0 saturated carbocycles. The number of rotatable bonds is 7. The summed E-state index contributed by atoms with van der Waals surface area (Å²) in [7, 11) is 0. The van der Waals surface area contributed by atoms with E-state index in [0.29, 0.717) is 17.5 Å². The molecular formula is C16H19BrClNO2. The highest BCUT2D eigenvalue weighted by molar-refractivity contribution is 9.10. The van der Waals surface area contributed by atoms with Crippen molar-refractivity contribution in [1.82, 2.24) is 5.32 Å². The molecule has 2 rings (SSSR count). The molecule has 0 atom stereocenters. The standard InChI is InChI=1S/C16H19BrClNO2/c1-11(2)8-19-9-13-4-5-14(21-13)10-20-16-6-3-12(18)7-15(16)17/h3-7,11,19H,8-10H2,1-2H3. The molecular weight excluding hydrogens is 354 g/mol. The van der Waals surface area contributed by atoms with Crippen LogP contribution in [0.3, 0.4) is 0 Å². The Morgan fingerprint density at radius 3 is 2.71 bits per heavy atom. The van der Waals surface area contributed by atoms with Gasteiger partial charge in [0, 0.05) is 5.02 Å². The molecule has 2 aromatic rings. The Morgan fingerprint density at radius 2 is 2.00 bits per heavy atom. The van der Waals surface area contributed by atoms with Gasteiger partial charge in [0.25, 0.3) is 0 Å². The first kappa shape index (κ1) is 16.4. The zero-order valence-corrected chi connectivity index (χ0v) is 14.5. The van der Waals surface area contributed by atoms with E-state index in [1.54, 1.807) is 12.1 Å². The maximum atomic E-state index is 5.90. The van der Waals surface area contributed by atoms with E-state index in [2.05, 4.69) is 35.1 Å². The number of halogens is 2. The van der Waals surface area contributed by atoms with Crippen LogP contribution in [-0.4, -0.2) is 6.54 Å². The van der Waals surface area contributed by atoms with Gasteiger partial charge in [0.1, 0.15) is 23.9 Å². The van der Waals surface area contributed by atoms with Crippen LogP contribution in [0.1, 0.15) is 25.4 Å². The molecule has 0 bridgehead atoms. The smallest absolute Gasteiger partial charge is 0.146 e. The molecule has 0 aliphatic rings. The Hall–Kier alpha value is -0.970. The minimum Gasteiger partial charge on any atom is -0.484 e. The van der Waals surface area contributed by atoms with E-state index in [0.717, 1.165) is 34.8 Å². The van der Waals surface area contributed by atoms with Crippen LogP contribution < -0.4 is 10.1 Å². The van der Waals surface area contributed by atoms with Gasteiger partial charge in [-0.1, -0.05) is 25.4 Å². The molecule has 1 aromatic carbocycles. The third-order valence-electron chi connectivity index (χ3n) is 2.83. The lowest BCUT2D eigenvalue weighted by Gasteiger charge is -2.07. The average molecular weight is 373 g/mol. The van der Waals surface area contributed by atoms with Crippen LogP contribution in [0.15, 0.2) is 39.2 Å². The van der Waals surface area contributed by atoms with Crippen molar-refractivity contribution in [2.75, 3.05) is 6.54 Å². The fourth-order valence-corrected chi connectivity index (χ4v) is 2.62. The van der Waals surface area contributed by atoms with Crippen molar-refractivity contribution in [1.29, 1.82) is 0 Å². The summed E-state index contributed by atoms with van der Waals surface area (Å²) in [6, 6.07) is 9.35. The Bertz CT molecular complexity index is 583. The number of ether oxygens (including phenoxy) is 1. The largest absolute Gasteiger partial charge is 0.484 e. The van der Waals surface area contributed by atoms with Gasteiger partial charge in [-0.3, -0.25) is 0 Å². The normalized spacial score (nSPS) is 11.1. The Balaban J connectivity index is 1.85. The summed E-state index contributed by atoms with van der Waals surface area (Å²) in [4.78, 5) is 0. The van der Waals surface area contributed by atoms with Gasteiger partial charge in [-0.2, -0.15) is 0 Å². The van der Waals surface area contributed by atoms with Crippen molar-refractivity contribution in [3.63, 3.8) is 0 Å². The van der Waals surface area contributed by atoms with Crippen LogP contribution in [-0.2, 0) is 13.2 Å². The number of hydrogen-bond acceptors (Lipinski definition) is 3. The molecule has 114 valence electrons. The third-order valence-corrected chi connectivity index (χ3v) is 3.69. The third kappa shape index (κ3) is 5.38. The average Bonchev–Trinajstić information content (AvgIpc) is 2.85. The van der Waals surface area contributed by atoms with E-state index in [1.165, 1.54) is 0 Å². The first-order chi connectivity index (χ1) is 10.0. The van der Waals surface area contributed by atoms with Crippen LogP contribution in [0.25, 0.3) is 0 Å². The zero-order chi connectivity index (χ0) is 15.2. The minimum absolute atomic E-state index is 0.393. The summed E-state index contributed by atoms with van der Waals surface area (Å²) < 4.78 is 12.3. The highest BCUT2D eigenvalue weighted by Crippen LogP contribution is 2.28. The maximum Gasteiger partial charge on any atom is 0.146 e. The van der Waals surface area contributed by atoms with Gasteiger partial charge in [-0.05, 0) is 58.7 Å². The Morgan fingerprint density at radius 1 is 1.24 bits per heavy atom. The molecule has 1 aromatic heterocycles. The fourth-order valence-electron chi connectivity index (χ4n) is 1.82. The topological polar surface area (TPSA) is 34.4 Å². The molecule has 0 unspecified atom stereocenters. The van der Waals surface area contributed by atoms with Gasteiger partial charge < -0.3 is 14.5 Å². The van der Waals surface area contributed by atoms with Crippen molar-refractivity contribution in [2.45, 2.75) is 27.0 Å². The van der Waals surface area contributed by atoms with Crippen LogP contribution in [0, 0.1) is 5.92 Å². The van der Waals surface area contributed by atoms with E-state index >= 15 is 0 Å². The maximum absolute atomic E-state index is 5.90. The molecule has 0 aliphatic carbocycles. The SMILES string of the molecule is CC(C)CNCc1ccc(COc2ccc(Cl)cc2Br)o1. The highest BCUT2D eigenvalue weighted by Gasteiger charge is 2.06. The Kier molecular flexibility index (Phi) is 6.15. The quantitative estimate of drug-likeness (QED) is 0.741. The summed E-state index contributed by atoms with van der Waals surface area (Å²) in [5.41, 5.74) is 0. The van der Waals surface area contributed by atoms with E-state index < -0.39 is 0 Å². The lowest BCUT2D eigenvalue weighted by Crippen LogP contribution is -2.18. The van der Waals surface area contributed by atoms with Crippen LogP contribution in [0.5, 0.6) is 5.75 Å². The van der Waals surface area contributed by atoms with Crippen molar-refractivity contribution in [2.24, 2.45) is 5.92 Å². The second-order valence-electron chi connectivity index (χ2n) is 5.26. The summed E-state index contributed by atoms with van der Waals surface area (Å²) in [6.45, 7) is 6.47. The van der Waals surface area contributed by atoms with Crippen LogP contribution >= 0.6 is 27.5 Å². The van der Waals surface area contributed by atoms with Crippen LogP contribution in [0.4, 0.5) is 0 Å². The molecule has 0 fully saturated rings. The van der Waals surface area contributed by atoms with Gasteiger partial charge in [0.05, 0.1) is 11.0 Å². The van der Waals surface area contributed by atoms with Crippen molar-refractivity contribution in [3.8, 4) is 5.75 Å². The van der Waals surface area contributed by atoms with Crippen molar-refractivity contribution < 1.29 is 9.15 Å². The van der Waals surface area contributed by atoms with Gasteiger partial charge in [0.15, 0.2) is 0 Å². The predicted molar refractivity (Wildman–Crippen MR) is 88.7 cm³/mol. The summed E-state index contributed by atoms with van der Waals surface area (Å²) in [5, 5.41) is 4.02. The minimum atomic E-state index is 0.393. The fraction of sp³-hybridized carbons (Fsp3) is 0.375. The second-order valence-corrected chi connectivity index (χ2v) is 6.55. The lowest BCUT2D eigenvalue weighted by molar-refractivity contribution is 0.263. The first-order valence-corrected chi connectivity index (χ1v) is 8.08. The Labute approximate surface area is 138 Å². The van der Waals surface area contributed by atoms with E-state index in [1.807, 2.05) is 18.2 Å². The molecule has 0 saturated heterocycles. The summed E-state index contributed by atoms with van der Waals surface area (Å²) in [6.07, 6.45) is 0. The van der Waals surface area contributed by atoms with Crippen molar-refractivity contribution >= 4 is 27.5 Å². The molecule has 5 heteroatoms. The number of nitrogens with one attached hydrogen (secondary N) is 1. The number of benzene rings is 1. The highest BCUT2D eigenvalue weighted by atomic mass is 79.9. The molecule has 21 heavy (non-hydrogen) atoms. The van der Waals surface area contributed by atoms with E-state index in [4.69, 9.17) is 20.8 Å². The molecule has 0 amide bonds. The molecule has 3 nitrogen and oxygen atoms in total. The molecule has 0 aliphatic heterocycles. The zero-order valence-electron chi connectivity index (χ0n) is 12.2. The lowest BCUT2D eigenvalue weighted by atomic mass is 10.2. The molecule has 0 spiro atoms. The summed E-state index contributed by atoms with van der Waals surface area (Å²) in [5.74, 6) is 3.10. The van der Waals surface area contributed by atoms with Crippen molar-refractivity contribution in [3.05, 3.63) is 51.3 Å². The van der Waals surface area contributed by atoms with E-state index in [-0.39, 0.29) is 0 Å². The molecule has 1 heterocycles. The van der Waals surface area contributed by atoms with Gasteiger partial charge in [-0.15, -0.1) is 0 Å².